The van der Waals surface area contributed by atoms with Gasteiger partial charge in [-0.25, -0.2) is 4.98 Å². The number of hydrogen-bond acceptors (Lipinski definition) is 5. The molecule has 3 heterocycles. The highest BCUT2D eigenvalue weighted by atomic mass is 32.1. The number of amides is 1. The first-order valence-corrected chi connectivity index (χ1v) is 6.76. The number of fused-ring (bicyclic) bond motifs is 1. The summed E-state index contributed by atoms with van der Waals surface area (Å²) in [5, 5.41) is 11.6. The zero-order chi connectivity index (χ0) is 14.1. The SMILES string of the molecule is Cc1cc(NC(=O)Cn2cnc3sccc3c2=O)n[nH]1. The highest BCUT2D eigenvalue weighted by Gasteiger charge is 2.10. The third-order valence-electron chi connectivity index (χ3n) is 2.74. The third-order valence-corrected chi connectivity index (χ3v) is 3.56. The molecule has 0 saturated carbocycles. The first kappa shape index (κ1) is 12.5. The maximum atomic E-state index is 12.1. The van der Waals surface area contributed by atoms with Crippen LogP contribution in [0, 0.1) is 6.92 Å². The number of rotatable bonds is 3. The molecule has 1 amide bonds. The average molecular weight is 289 g/mol. The largest absolute Gasteiger partial charge is 0.308 e. The number of carbonyl (C=O) groups is 1. The summed E-state index contributed by atoms with van der Waals surface area (Å²) in [6, 6.07) is 3.42. The Morgan fingerprint density at radius 2 is 2.40 bits per heavy atom. The van der Waals surface area contributed by atoms with Gasteiger partial charge in [0.2, 0.25) is 5.91 Å². The van der Waals surface area contributed by atoms with Gasteiger partial charge in [-0.15, -0.1) is 11.3 Å². The molecule has 8 heteroatoms. The van der Waals surface area contributed by atoms with Gasteiger partial charge in [-0.1, -0.05) is 0 Å². The molecule has 0 atom stereocenters. The fraction of sp³-hybridized carbons (Fsp3) is 0.167. The molecule has 3 aromatic rings. The van der Waals surface area contributed by atoms with E-state index in [2.05, 4.69) is 20.5 Å². The number of aromatic nitrogens is 4. The van der Waals surface area contributed by atoms with E-state index in [0.717, 1.165) is 5.69 Å². The second kappa shape index (κ2) is 4.89. The number of anilines is 1. The maximum absolute atomic E-state index is 12.1. The van der Waals surface area contributed by atoms with Crippen molar-refractivity contribution >= 4 is 33.3 Å². The number of nitrogens with zero attached hydrogens (tertiary/aromatic N) is 3. The molecule has 0 saturated heterocycles. The van der Waals surface area contributed by atoms with Gasteiger partial charge < -0.3 is 5.32 Å². The molecule has 0 bridgehead atoms. The van der Waals surface area contributed by atoms with Crippen molar-refractivity contribution in [2.24, 2.45) is 0 Å². The van der Waals surface area contributed by atoms with E-state index in [9.17, 15) is 9.59 Å². The first-order valence-electron chi connectivity index (χ1n) is 5.88. The topological polar surface area (TPSA) is 92.7 Å². The van der Waals surface area contributed by atoms with Crippen LogP contribution in [0.2, 0.25) is 0 Å². The summed E-state index contributed by atoms with van der Waals surface area (Å²) in [6.45, 7) is 1.74. The molecule has 20 heavy (non-hydrogen) atoms. The van der Waals surface area contributed by atoms with Crippen LogP contribution in [0.25, 0.3) is 10.2 Å². The fourth-order valence-electron chi connectivity index (χ4n) is 1.83. The summed E-state index contributed by atoms with van der Waals surface area (Å²) in [6.07, 6.45) is 1.39. The zero-order valence-electron chi connectivity index (χ0n) is 10.6. The smallest absolute Gasteiger partial charge is 0.262 e. The number of carbonyl (C=O) groups excluding carboxylic acids is 1. The van der Waals surface area contributed by atoms with E-state index < -0.39 is 0 Å². The Hall–Kier alpha value is -2.48. The lowest BCUT2D eigenvalue weighted by Crippen LogP contribution is -2.27. The number of aromatic amines is 1. The molecule has 3 rings (SSSR count). The Morgan fingerprint density at radius 3 is 3.15 bits per heavy atom. The number of nitrogens with one attached hydrogen (secondary N) is 2. The molecule has 3 aromatic heterocycles. The molecular weight excluding hydrogens is 278 g/mol. The normalized spacial score (nSPS) is 10.8. The summed E-state index contributed by atoms with van der Waals surface area (Å²) in [5.41, 5.74) is 0.628. The summed E-state index contributed by atoms with van der Waals surface area (Å²) in [5.74, 6) is 0.111. The Kier molecular flexibility index (Phi) is 3.07. The summed E-state index contributed by atoms with van der Waals surface area (Å²) in [7, 11) is 0. The van der Waals surface area contributed by atoms with Crippen LogP contribution in [0.5, 0.6) is 0 Å². The van der Waals surface area contributed by atoms with Crippen LogP contribution >= 0.6 is 11.3 Å². The second-order valence-electron chi connectivity index (χ2n) is 4.30. The van der Waals surface area contributed by atoms with Gasteiger partial charge >= 0.3 is 0 Å². The third kappa shape index (κ3) is 2.32. The lowest BCUT2D eigenvalue weighted by molar-refractivity contribution is -0.116. The highest BCUT2D eigenvalue weighted by Crippen LogP contribution is 2.13. The van der Waals surface area contributed by atoms with E-state index in [0.29, 0.717) is 16.0 Å². The van der Waals surface area contributed by atoms with E-state index in [1.165, 1.54) is 22.2 Å². The predicted molar refractivity (Wildman–Crippen MR) is 75.8 cm³/mol. The van der Waals surface area contributed by atoms with Crippen molar-refractivity contribution in [2.75, 3.05) is 5.32 Å². The van der Waals surface area contributed by atoms with Gasteiger partial charge in [0.1, 0.15) is 11.4 Å². The standard InChI is InChI=1S/C12H11N5O2S/c1-7-4-9(16-15-7)14-10(18)5-17-6-13-11-8(12(17)19)2-3-20-11/h2-4,6H,5H2,1H3,(H2,14,15,16,18). The van der Waals surface area contributed by atoms with E-state index >= 15 is 0 Å². The van der Waals surface area contributed by atoms with Crippen molar-refractivity contribution in [3.8, 4) is 0 Å². The molecule has 0 aliphatic carbocycles. The minimum absolute atomic E-state index is 0.0937. The van der Waals surface area contributed by atoms with Gasteiger partial charge in [0.15, 0.2) is 5.82 Å². The molecule has 0 radical (unpaired) electrons. The van der Waals surface area contributed by atoms with E-state index in [-0.39, 0.29) is 18.0 Å². The van der Waals surface area contributed by atoms with Crippen LogP contribution in [0.3, 0.4) is 0 Å². The molecule has 0 aliphatic rings. The zero-order valence-corrected chi connectivity index (χ0v) is 11.4. The summed E-state index contributed by atoms with van der Waals surface area (Å²) in [4.78, 5) is 28.8. The molecule has 0 spiro atoms. The van der Waals surface area contributed by atoms with Crippen LogP contribution in [0.15, 0.2) is 28.6 Å². The van der Waals surface area contributed by atoms with Gasteiger partial charge in [-0.05, 0) is 18.4 Å². The molecule has 102 valence electrons. The van der Waals surface area contributed by atoms with Crippen molar-refractivity contribution in [1.82, 2.24) is 19.7 Å². The lowest BCUT2D eigenvalue weighted by Gasteiger charge is -2.04. The van der Waals surface area contributed by atoms with Crippen LogP contribution in [0.4, 0.5) is 5.82 Å². The van der Waals surface area contributed by atoms with E-state index in [1.807, 2.05) is 6.92 Å². The molecular formula is C12H11N5O2S. The number of aryl methyl sites for hydroxylation is 1. The van der Waals surface area contributed by atoms with Crippen molar-refractivity contribution in [1.29, 1.82) is 0 Å². The van der Waals surface area contributed by atoms with Crippen molar-refractivity contribution in [3.05, 3.63) is 39.9 Å². The van der Waals surface area contributed by atoms with E-state index in [4.69, 9.17) is 0 Å². The highest BCUT2D eigenvalue weighted by molar-refractivity contribution is 7.16. The van der Waals surface area contributed by atoms with Crippen LogP contribution in [0.1, 0.15) is 5.69 Å². The van der Waals surface area contributed by atoms with Gasteiger partial charge in [-0.2, -0.15) is 5.10 Å². The van der Waals surface area contributed by atoms with E-state index in [1.54, 1.807) is 17.5 Å². The number of H-pyrrole nitrogens is 1. The molecule has 7 nitrogen and oxygen atoms in total. The minimum atomic E-state index is -0.324. The molecule has 0 fully saturated rings. The fourth-order valence-corrected chi connectivity index (χ4v) is 2.55. The maximum Gasteiger partial charge on any atom is 0.262 e. The van der Waals surface area contributed by atoms with Crippen molar-refractivity contribution in [2.45, 2.75) is 13.5 Å². The summed E-state index contributed by atoms with van der Waals surface area (Å²) >= 11 is 1.40. The lowest BCUT2D eigenvalue weighted by atomic mass is 10.4. The van der Waals surface area contributed by atoms with Crippen LogP contribution in [-0.4, -0.2) is 25.7 Å². The van der Waals surface area contributed by atoms with Crippen LogP contribution in [-0.2, 0) is 11.3 Å². The van der Waals surface area contributed by atoms with Gasteiger partial charge in [0.05, 0.1) is 11.7 Å². The van der Waals surface area contributed by atoms with Crippen molar-refractivity contribution < 1.29 is 4.79 Å². The Morgan fingerprint density at radius 1 is 1.55 bits per heavy atom. The quantitative estimate of drug-likeness (QED) is 0.756. The van der Waals surface area contributed by atoms with Gasteiger partial charge in [0.25, 0.3) is 5.56 Å². The Balaban J connectivity index is 1.80. The van der Waals surface area contributed by atoms with Gasteiger partial charge in [-0.3, -0.25) is 19.3 Å². The number of hydrogen-bond donors (Lipinski definition) is 2. The average Bonchev–Trinajstić information content (AvgIpc) is 3.02. The second-order valence-corrected chi connectivity index (χ2v) is 5.20. The Bertz CT molecular complexity index is 832. The van der Waals surface area contributed by atoms with Crippen LogP contribution < -0.4 is 10.9 Å². The number of thiophene rings is 1. The molecule has 0 aromatic carbocycles. The van der Waals surface area contributed by atoms with Gasteiger partial charge in [0, 0.05) is 11.8 Å². The molecule has 0 aliphatic heterocycles. The molecule has 0 unspecified atom stereocenters. The Labute approximate surface area is 117 Å². The minimum Gasteiger partial charge on any atom is -0.308 e. The predicted octanol–water partition coefficient (Wildman–Crippen LogP) is 1.13. The molecule has 2 N–H and O–H groups in total. The summed E-state index contributed by atoms with van der Waals surface area (Å²) < 4.78 is 1.28. The first-order chi connectivity index (χ1) is 9.63. The van der Waals surface area contributed by atoms with Crippen molar-refractivity contribution in [3.63, 3.8) is 0 Å². The monoisotopic (exact) mass is 289 g/mol.